The maximum atomic E-state index is 11.2. The van der Waals surface area contributed by atoms with Crippen molar-refractivity contribution in [1.29, 1.82) is 0 Å². The molecule has 1 heterocycles. The Labute approximate surface area is 100.0 Å². The maximum Gasteiger partial charge on any atom is 0.228 e. The van der Waals surface area contributed by atoms with Crippen LogP contribution >= 0.6 is 11.6 Å². The van der Waals surface area contributed by atoms with Gasteiger partial charge in [0.05, 0.1) is 6.42 Å². The minimum atomic E-state index is -0.0893. The molecule has 0 fully saturated rings. The van der Waals surface area contributed by atoms with Gasteiger partial charge in [0, 0.05) is 16.8 Å². The quantitative estimate of drug-likeness (QED) is 0.832. The summed E-state index contributed by atoms with van der Waals surface area (Å²) in [6.45, 7) is 4.11. The molecule has 0 bridgehead atoms. The summed E-state index contributed by atoms with van der Waals surface area (Å²) in [6, 6.07) is 3.65. The summed E-state index contributed by atoms with van der Waals surface area (Å²) in [4.78, 5) is 11.2. The number of amides is 1. The number of nitrogens with two attached hydrogens (primary N) is 1. The molecule has 16 heavy (non-hydrogen) atoms. The highest BCUT2D eigenvalue weighted by atomic mass is 35.5. The fourth-order valence-corrected chi connectivity index (χ4v) is 2.17. The Bertz CT molecular complexity index is 443. The lowest BCUT2D eigenvalue weighted by Crippen LogP contribution is -2.17. The van der Waals surface area contributed by atoms with E-state index in [2.05, 4.69) is 19.2 Å². The average molecular weight is 239 g/mol. The molecule has 1 aliphatic rings. The van der Waals surface area contributed by atoms with Crippen LogP contribution in [0.15, 0.2) is 12.1 Å². The normalized spacial score (nSPS) is 16.2. The van der Waals surface area contributed by atoms with Crippen LogP contribution in [0.3, 0.4) is 0 Å². The monoisotopic (exact) mass is 238 g/mol. The van der Waals surface area contributed by atoms with E-state index in [1.807, 2.05) is 6.07 Å². The van der Waals surface area contributed by atoms with Gasteiger partial charge in [0.1, 0.15) is 0 Å². The molecule has 1 unspecified atom stereocenters. The summed E-state index contributed by atoms with van der Waals surface area (Å²) in [7, 11) is 0. The Kier molecular flexibility index (Phi) is 2.91. The van der Waals surface area contributed by atoms with Crippen LogP contribution in [0.4, 0.5) is 5.69 Å². The van der Waals surface area contributed by atoms with Crippen molar-refractivity contribution >= 4 is 23.2 Å². The molecule has 3 nitrogen and oxygen atoms in total. The zero-order valence-corrected chi connectivity index (χ0v) is 10.1. The number of anilines is 1. The third-order valence-electron chi connectivity index (χ3n) is 2.92. The van der Waals surface area contributed by atoms with Crippen molar-refractivity contribution in [2.45, 2.75) is 26.3 Å². The van der Waals surface area contributed by atoms with Crippen LogP contribution in [0.5, 0.6) is 0 Å². The standard InChI is InChI=1S/C12H15ClN2O/c1-6(2)12(14)8-3-7-4-11(16)15-10(7)5-9(8)13/h3,5-6,12H,4,14H2,1-2H3,(H,15,16). The first-order chi connectivity index (χ1) is 7.49. The number of fused-ring (bicyclic) bond motifs is 1. The highest BCUT2D eigenvalue weighted by Gasteiger charge is 2.22. The van der Waals surface area contributed by atoms with E-state index in [1.54, 1.807) is 6.07 Å². The molecule has 1 amide bonds. The van der Waals surface area contributed by atoms with Gasteiger partial charge < -0.3 is 11.1 Å². The second-order valence-corrected chi connectivity index (χ2v) is 4.93. The summed E-state index contributed by atoms with van der Waals surface area (Å²) in [5, 5.41) is 3.40. The van der Waals surface area contributed by atoms with Gasteiger partial charge in [-0.05, 0) is 23.1 Å². The zero-order chi connectivity index (χ0) is 11.9. The van der Waals surface area contributed by atoms with Gasteiger partial charge in [0.25, 0.3) is 0 Å². The van der Waals surface area contributed by atoms with Crippen LogP contribution in [0.1, 0.15) is 31.0 Å². The van der Waals surface area contributed by atoms with E-state index in [0.717, 1.165) is 16.8 Å². The van der Waals surface area contributed by atoms with Crippen molar-refractivity contribution in [1.82, 2.24) is 0 Å². The van der Waals surface area contributed by atoms with Crippen LogP contribution < -0.4 is 11.1 Å². The number of hydrogen-bond donors (Lipinski definition) is 2. The number of rotatable bonds is 2. The Balaban J connectivity index is 2.42. The third kappa shape index (κ3) is 1.93. The molecule has 1 aliphatic heterocycles. The molecule has 3 N–H and O–H groups in total. The minimum absolute atomic E-state index is 0.0151. The molecular weight excluding hydrogens is 224 g/mol. The molecule has 1 aromatic rings. The van der Waals surface area contributed by atoms with Gasteiger partial charge >= 0.3 is 0 Å². The minimum Gasteiger partial charge on any atom is -0.325 e. The van der Waals surface area contributed by atoms with Crippen molar-refractivity contribution in [3.63, 3.8) is 0 Å². The lowest BCUT2D eigenvalue weighted by Gasteiger charge is -2.18. The molecule has 0 radical (unpaired) electrons. The Morgan fingerprint density at radius 2 is 2.12 bits per heavy atom. The molecule has 0 saturated heterocycles. The van der Waals surface area contributed by atoms with Gasteiger partial charge in [0.15, 0.2) is 0 Å². The first kappa shape index (κ1) is 11.4. The largest absolute Gasteiger partial charge is 0.325 e. The summed E-state index contributed by atoms with van der Waals surface area (Å²) in [6.07, 6.45) is 0.421. The highest BCUT2D eigenvalue weighted by molar-refractivity contribution is 6.32. The second-order valence-electron chi connectivity index (χ2n) is 4.53. The van der Waals surface area contributed by atoms with Gasteiger partial charge in [-0.2, -0.15) is 0 Å². The fraction of sp³-hybridized carbons (Fsp3) is 0.417. The zero-order valence-electron chi connectivity index (χ0n) is 9.38. The molecular formula is C12H15ClN2O. The van der Waals surface area contributed by atoms with Crippen molar-refractivity contribution in [2.75, 3.05) is 5.32 Å². The van der Waals surface area contributed by atoms with Crippen molar-refractivity contribution in [3.05, 3.63) is 28.3 Å². The van der Waals surface area contributed by atoms with Gasteiger partial charge in [-0.1, -0.05) is 31.5 Å². The van der Waals surface area contributed by atoms with E-state index < -0.39 is 0 Å². The van der Waals surface area contributed by atoms with Gasteiger partial charge in [-0.3, -0.25) is 4.79 Å². The first-order valence-electron chi connectivity index (χ1n) is 5.36. The molecule has 4 heteroatoms. The van der Waals surface area contributed by atoms with Crippen LogP contribution in [0, 0.1) is 5.92 Å². The lowest BCUT2D eigenvalue weighted by atomic mass is 9.95. The summed E-state index contributed by atoms with van der Waals surface area (Å²) in [5.41, 5.74) is 8.80. The fourth-order valence-electron chi connectivity index (χ4n) is 1.88. The maximum absolute atomic E-state index is 11.2. The Hall–Kier alpha value is -1.06. The number of halogens is 1. The first-order valence-corrected chi connectivity index (χ1v) is 5.74. The summed E-state index contributed by atoms with van der Waals surface area (Å²) in [5.74, 6) is 0.335. The van der Waals surface area contributed by atoms with Gasteiger partial charge in [-0.15, -0.1) is 0 Å². The van der Waals surface area contributed by atoms with Crippen LogP contribution in [-0.2, 0) is 11.2 Å². The third-order valence-corrected chi connectivity index (χ3v) is 3.25. The van der Waals surface area contributed by atoms with E-state index in [0.29, 0.717) is 17.4 Å². The smallest absolute Gasteiger partial charge is 0.228 e. The molecule has 86 valence electrons. The predicted molar refractivity (Wildman–Crippen MR) is 65.6 cm³/mol. The van der Waals surface area contributed by atoms with Crippen LogP contribution in [0.25, 0.3) is 0 Å². The number of benzene rings is 1. The Morgan fingerprint density at radius 3 is 2.75 bits per heavy atom. The number of nitrogens with one attached hydrogen (secondary N) is 1. The summed E-state index contributed by atoms with van der Waals surface area (Å²) < 4.78 is 0. The molecule has 0 aliphatic carbocycles. The molecule has 2 rings (SSSR count). The lowest BCUT2D eigenvalue weighted by molar-refractivity contribution is -0.115. The van der Waals surface area contributed by atoms with Crippen LogP contribution in [-0.4, -0.2) is 5.91 Å². The van der Waals surface area contributed by atoms with Crippen LogP contribution in [0.2, 0.25) is 5.02 Å². The van der Waals surface area contributed by atoms with Gasteiger partial charge in [-0.25, -0.2) is 0 Å². The number of carbonyl (C=O) groups is 1. The molecule has 0 aromatic heterocycles. The highest BCUT2D eigenvalue weighted by Crippen LogP contribution is 2.34. The topological polar surface area (TPSA) is 55.1 Å². The second kappa shape index (κ2) is 4.07. The van der Waals surface area contributed by atoms with Crippen molar-refractivity contribution in [2.24, 2.45) is 11.7 Å². The van der Waals surface area contributed by atoms with Gasteiger partial charge in [0.2, 0.25) is 5.91 Å². The SMILES string of the molecule is CC(C)C(N)c1cc2c(cc1Cl)NC(=O)C2. The molecule has 1 aromatic carbocycles. The molecule has 1 atom stereocenters. The Morgan fingerprint density at radius 1 is 1.44 bits per heavy atom. The number of carbonyl (C=O) groups excluding carboxylic acids is 1. The molecule has 0 saturated carbocycles. The molecule has 0 spiro atoms. The van der Waals surface area contributed by atoms with E-state index in [-0.39, 0.29) is 11.9 Å². The summed E-state index contributed by atoms with van der Waals surface area (Å²) >= 11 is 6.16. The van der Waals surface area contributed by atoms with Crippen molar-refractivity contribution < 1.29 is 4.79 Å². The predicted octanol–water partition coefficient (Wildman–Crippen LogP) is 2.49. The van der Waals surface area contributed by atoms with E-state index in [4.69, 9.17) is 17.3 Å². The van der Waals surface area contributed by atoms with E-state index in [9.17, 15) is 4.79 Å². The van der Waals surface area contributed by atoms with E-state index >= 15 is 0 Å². The average Bonchev–Trinajstić information content (AvgIpc) is 2.54. The van der Waals surface area contributed by atoms with E-state index in [1.165, 1.54) is 0 Å². The van der Waals surface area contributed by atoms with Crippen molar-refractivity contribution in [3.8, 4) is 0 Å². The number of hydrogen-bond acceptors (Lipinski definition) is 2.